The highest BCUT2D eigenvalue weighted by atomic mass is 32.1. The van der Waals surface area contributed by atoms with Crippen LogP contribution in [0.15, 0.2) is 36.1 Å². The predicted molar refractivity (Wildman–Crippen MR) is 100 cm³/mol. The second-order valence-corrected chi connectivity index (χ2v) is 7.31. The van der Waals surface area contributed by atoms with Gasteiger partial charge in [0, 0.05) is 24.7 Å². The zero-order valence-electron chi connectivity index (χ0n) is 14.0. The van der Waals surface area contributed by atoms with E-state index in [4.69, 9.17) is 0 Å². The summed E-state index contributed by atoms with van der Waals surface area (Å²) in [4.78, 5) is 27.5. The van der Waals surface area contributed by atoms with Crippen LogP contribution in [0.5, 0.6) is 0 Å². The molecule has 4 rings (SSSR count). The number of benzene rings is 1. The predicted octanol–water partition coefficient (Wildman–Crippen LogP) is 3.57. The fraction of sp³-hybridized carbons (Fsp3) is 0.333. The number of rotatable bonds is 3. The van der Waals surface area contributed by atoms with E-state index in [9.17, 15) is 4.79 Å². The van der Waals surface area contributed by atoms with E-state index in [1.807, 2.05) is 18.2 Å². The van der Waals surface area contributed by atoms with E-state index in [-0.39, 0.29) is 5.91 Å². The lowest BCUT2D eigenvalue weighted by atomic mass is 9.99. The number of piperidine rings is 1. The van der Waals surface area contributed by atoms with Crippen molar-refractivity contribution in [3.63, 3.8) is 0 Å². The molecule has 0 radical (unpaired) electrons. The molecule has 1 aromatic carbocycles. The lowest BCUT2D eigenvalue weighted by Gasteiger charge is -2.31. The van der Waals surface area contributed by atoms with Gasteiger partial charge in [-0.15, -0.1) is 11.3 Å². The molecule has 1 aliphatic rings. The Balaban J connectivity index is 1.50. The van der Waals surface area contributed by atoms with Gasteiger partial charge in [-0.25, -0.2) is 15.0 Å². The van der Waals surface area contributed by atoms with Crippen molar-refractivity contribution in [3.05, 3.63) is 41.7 Å². The summed E-state index contributed by atoms with van der Waals surface area (Å²) in [5, 5.41) is 2.87. The number of nitrogens with zero attached hydrogens (tertiary/aromatic N) is 4. The van der Waals surface area contributed by atoms with Crippen molar-refractivity contribution < 1.29 is 4.79 Å². The summed E-state index contributed by atoms with van der Waals surface area (Å²) in [5.74, 6) is 1.99. The zero-order valence-corrected chi connectivity index (χ0v) is 14.8. The Morgan fingerprint density at radius 3 is 2.88 bits per heavy atom. The molecule has 1 N–H and O–H groups in total. The van der Waals surface area contributed by atoms with Crippen LogP contribution in [0, 0.1) is 5.92 Å². The van der Waals surface area contributed by atoms with Crippen LogP contribution in [0.2, 0.25) is 0 Å². The minimum Gasteiger partial charge on any atom is -0.356 e. The van der Waals surface area contributed by atoms with Crippen molar-refractivity contribution in [2.75, 3.05) is 23.3 Å². The van der Waals surface area contributed by atoms with Gasteiger partial charge in [0.05, 0.1) is 15.7 Å². The molecule has 1 fully saturated rings. The van der Waals surface area contributed by atoms with Crippen molar-refractivity contribution in [2.45, 2.75) is 19.8 Å². The molecule has 3 aromatic rings. The Hall–Kier alpha value is -2.54. The summed E-state index contributed by atoms with van der Waals surface area (Å²) in [6, 6.07) is 7.35. The molecule has 0 aliphatic carbocycles. The monoisotopic (exact) mass is 353 g/mol. The minimum absolute atomic E-state index is 0.174. The number of amides is 1. The van der Waals surface area contributed by atoms with Gasteiger partial charge in [0.25, 0.3) is 5.91 Å². The molecule has 0 atom stereocenters. The van der Waals surface area contributed by atoms with Gasteiger partial charge >= 0.3 is 0 Å². The molecule has 1 saturated heterocycles. The first kappa shape index (κ1) is 16.0. The molecule has 128 valence electrons. The van der Waals surface area contributed by atoms with Gasteiger partial charge < -0.3 is 10.2 Å². The molecular formula is C18H19N5OS. The molecule has 0 bridgehead atoms. The molecule has 7 heteroatoms. The Bertz CT molecular complexity index is 901. The summed E-state index contributed by atoms with van der Waals surface area (Å²) in [5.41, 5.74) is 3.29. The lowest BCUT2D eigenvalue weighted by Crippen LogP contribution is -2.33. The summed E-state index contributed by atoms with van der Waals surface area (Å²) >= 11 is 1.52. The fourth-order valence-corrected chi connectivity index (χ4v) is 3.73. The van der Waals surface area contributed by atoms with Crippen molar-refractivity contribution in [1.29, 1.82) is 0 Å². The number of carbonyl (C=O) groups is 1. The van der Waals surface area contributed by atoms with Gasteiger partial charge in [0.1, 0.15) is 18.0 Å². The van der Waals surface area contributed by atoms with Crippen LogP contribution in [-0.4, -0.2) is 33.9 Å². The maximum Gasteiger partial charge on any atom is 0.256 e. The van der Waals surface area contributed by atoms with Gasteiger partial charge in [-0.1, -0.05) is 6.92 Å². The van der Waals surface area contributed by atoms with E-state index in [1.165, 1.54) is 30.5 Å². The molecular weight excluding hydrogens is 334 g/mol. The summed E-state index contributed by atoms with van der Waals surface area (Å²) in [6.45, 7) is 4.27. The van der Waals surface area contributed by atoms with Crippen LogP contribution in [0.4, 0.5) is 11.6 Å². The first-order valence-electron chi connectivity index (χ1n) is 8.40. The van der Waals surface area contributed by atoms with E-state index in [1.54, 1.807) is 11.6 Å². The highest BCUT2D eigenvalue weighted by molar-refractivity contribution is 7.16. The van der Waals surface area contributed by atoms with Crippen molar-refractivity contribution in [3.8, 4) is 0 Å². The SMILES string of the molecule is CC1CCN(c2cc(NC(=O)c3ccc4ncsc4c3)ncn2)CC1. The number of anilines is 2. The van der Waals surface area contributed by atoms with Crippen LogP contribution in [0.1, 0.15) is 30.1 Å². The molecule has 2 aromatic heterocycles. The number of hydrogen-bond acceptors (Lipinski definition) is 6. The third-order valence-electron chi connectivity index (χ3n) is 4.60. The fourth-order valence-electron chi connectivity index (χ4n) is 3.01. The van der Waals surface area contributed by atoms with Crippen LogP contribution in [-0.2, 0) is 0 Å². The first-order valence-corrected chi connectivity index (χ1v) is 9.28. The third-order valence-corrected chi connectivity index (χ3v) is 5.39. The molecule has 0 spiro atoms. The normalized spacial score (nSPS) is 15.5. The average Bonchev–Trinajstić information content (AvgIpc) is 3.10. The summed E-state index contributed by atoms with van der Waals surface area (Å²) in [6.07, 6.45) is 3.84. The lowest BCUT2D eigenvalue weighted by molar-refractivity contribution is 0.102. The van der Waals surface area contributed by atoms with Crippen molar-refractivity contribution in [2.24, 2.45) is 5.92 Å². The molecule has 1 amide bonds. The molecule has 1 aliphatic heterocycles. The largest absolute Gasteiger partial charge is 0.356 e. The van der Waals surface area contributed by atoms with Crippen LogP contribution < -0.4 is 10.2 Å². The van der Waals surface area contributed by atoms with E-state index < -0.39 is 0 Å². The molecule has 6 nitrogen and oxygen atoms in total. The second kappa shape index (κ2) is 6.76. The van der Waals surface area contributed by atoms with Crippen LogP contribution in [0.25, 0.3) is 10.2 Å². The quantitative estimate of drug-likeness (QED) is 0.779. The van der Waals surface area contributed by atoms with Gasteiger partial charge in [-0.05, 0) is 37.0 Å². The molecule has 0 unspecified atom stereocenters. The number of thiazole rings is 1. The smallest absolute Gasteiger partial charge is 0.256 e. The van der Waals surface area contributed by atoms with Crippen molar-refractivity contribution in [1.82, 2.24) is 15.0 Å². The third kappa shape index (κ3) is 3.46. The standard InChI is InChI=1S/C18H19N5OS/c1-12-4-6-23(7-5-12)17-9-16(19-10-20-17)22-18(24)13-2-3-14-15(8-13)25-11-21-14/h2-3,8-12H,4-7H2,1H3,(H,19,20,22,24). The Morgan fingerprint density at radius 1 is 1.20 bits per heavy atom. The summed E-state index contributed by atoms with van der Waals surface area (Å²) in [7, 11) is 0. The van der Waals surface area contributed by atoms with Gasteiger partial charge in [0.15, 0.2) is 0 Å². The van der Waals surface area contributed by atoms with Crippen molar-refractivity contribution >= 4 is 39.1 Å². The highest BCUT2D eigenvalue weighted by Gasteiger charge is 2.18. The Morgan fingerprint density at radius 2 is 2.04 bits per heavy atom. The number of carbonyl (C=O) groups excluding carboxylic acids is 1. The minimum atomic E-state index is -0.174. The number of aromatic nitrogens is 3. The second-order valence-electron chi connectivity index (χ2n) is 6.42. The molecule has 0 saturated carbocycles. The van der Waals surface area contributed by atoms with Crippen LogP contribution in [0.3, 0.4) is 0 Å². The Kier molecular flexibility index (Phi) is 4.31. The van der Waals surface area contributed by atoms with E-state index in [0.29, 0.717) is 11.4 Å². The Labute approximate surface area is 149 Å². The molecule has 25 heavy (non-hydrogen) atoms. The van der Waals surface area contributed by atoms with Gasteiger partial charge in [0.2, 0.25) is 0 Å². The van der Waals surface area contributed by atoms with Gasteiger partial charge in [-0.2, -0.15) is 0 Å². The maximum atomic E-state index is 12.5. The van der Waals surface area contributed by atoms with E-state index >= 15 is 0 Å². The average molecular weight is 353 g/mol. The maximum absolute atomic E-state index is 12.5. The first-order chi connectivity index (χ1) is 12.2. The molecule has 3 heterocycles. The van der Waals surface area contributed by atoms with E-state index in [0.717, 1.165) is 35.0 Å². The van der Waals surface area contributed by atoms with Gasteiger partial charge in [-0.3, -0.25) is 4.79 Å². The number of fused-ring (bicyclic) bond motifs is 1. The summed E-state index contributed by atoms with van der Waals surface area (Å²) < 4.78 is 0.999. The topological polar surface area (TPSA) is 71.0 Å². The number of hydrogen-bond donors (Lipinski definition) is 1. The van der Waals surface area contributed by atoms with E-state index in [2.05, 4.69) is 32.1 Å². The zero-order chi connectivity index (χ0) is 17.2. The van der Waals surface area contributed by atoms with Crippen LogP contribution >= 0.6 is 11.3 Å². The highest BCUT2D eigenvalue weighted by Crippen LogP contribution is 2.23. The number of nitrogens with one attached hydrogen (secondary N) is 1.